The van der Waals surface area contributed by atoms with Gasteiger partial charge in [-0.2, -0.15) is 17.7 Å². The molecule has 1 aliphatic heterocycles. The summed E-state index contributed by atoms with van der Waals surface area (Å²) < 4.78 is 50.6. The summed E-state index contributed by atoms with van der Waals surface area (Å²) in [5.74, 6) is -0.155. The lowest BCUT2D eigenvalue weighted by Crippen LogP contribution is -2.41. The molecule has 0 saturated carbocycles. The molecule has 1 N–H and O–H groups in total. The molecule has 0 aliphatic carbocycles. The zero-order valence-electron chi connectivity index (χ0n) is 17.2. The number of halogens is 3. The number of carbonyl (C=O) groups is 1. The van der Waals surface area contributed by atoms with E-state index in [0.29, 0.717) is 62.4 Å². The summed E-state index contributed by atoms with van der Waals surface area (Å²) in [5, 5.41) is 13.7. The topological polar surface area (TPSA) is 97.8 Å². The number of alkyl halides is 3. The first kappa shape index (κ1) is 22.1. The summed E-state index contributed by atoms with van der Waals surface area (Å²) >= 11 is 0. The Morgan fingerprint density at radius 3 is 2.75 bits per heavy atom. The quantitative estimate of drug-likeness (QED) is 0.525. The van der Waals surface area contributed by atoms with Crippen molar-refractivity contribution >= 4 is 17.4 Å². The van der Waals surface area contributed by atoms with Gasteiger partial charge in [-0.3, -0.25) is 4.79 Å². The van der Waals surface area contributed by atoms with Gasteiger partial charge in [-0.25, -0.2) is 0 Å². The number of carbonyl (C=O) groups excluding carboxylic acids is 1. The maximum Gasteiger partial charge on any atom is 0.453 e. The molecule has 4 rings (SSSR count). The fraction of sp³-hybridized carbons (Fsp3) is 0.500. The third-order valence-electron chi connectivity index (χ3n) is 5.28. The van der Waals surface area contributed by atoms with Crippen LogP contribution in [0.25, 0.3) is 5.65 Å². The van der Waals surface area contributed by atoms with Gasteiger partial charge in [-0.1, -0.05) is 0 Å². The van der Waals surface area contributed by atoms with Crippen LogP contribution in [0.3, 0.4) is 0 Å². The van der Waals surface area contributed by atoms with Crippen molar-refractivity contribution in [2.75, 3.05) is 31.1 Å². The second-order valence-electron chi connectivity index (χ2n) is 7.52. The number of rotatable bonds is 8. The number of nitrogens with one attached hydrogen (secondary N) is 1. The van der Waals surface area contributed by atoms with Crippen LogP contribution in [0.1, 0.15) is 30.8 Å². The molecule has 0 spiro atoms. The first-order valence-corrected chi connectivity index (χ1v) is 10.3. The molecule has 1 aliphatic rings. The molecule has 3 aromatic heterocycles. The van der Waals surface area contributed by atoms with Crippen LogP contribution in [-0.2, 0) is 22.3 Å². The van der Waals surface area contributed by atoms with Gasteiger partial charge in [-0.05, 0) is 43.5 Å². The third-order valence-corrected chi connectivity index (χ3v) is 5.28. The number of hydrogen-bond acceptors (Lipinski definition) is 7. The predicted molar refractivity (Wildman–Crippen MR) is 107 cm³/mol. The number of anilines is 1. The lowest BCUT2D eigenvalue weighted by Gasteiger charge is -2.32. The van der Waals surface area contributed by atoms with Crippen LogP contribution >= 0.6 is 0 Å². The molecular weight excluding hydrogens is 429 g/mol. The molecule has 9 nitrogen and oxygen atoms in total. The Hall–Kier alpha value is -3.15. The smallest absolute Gasteiger partial charge is 0.453 e. The average Bonchev–Trinajstić information content (AvgIpc) is 3.45. The van der Waals surface area contributed by atoms with Crippen LogP contribution in [0.2, 0.25) is 0 Å². The largest absolute Gasteiger partial charge is 0.467 e. The number of amides is 1. The highest BCUT2D eigenvalue weighted by atomic mass is 19.4. The molecule has 0 radical (unpaired) electrons. The van der Waals surface area contributed by atoms with E-state index >= 15 is 0 Å². The van der Waals surface area contributed by atoms with E-state index in [2.05, 4.69) is 20.6 Å². The molecular formula is C20H23F3N6O3. The van der Waals surface area contributed by atoms with Crippen molar-refractivity contribution in [2.24, 2.45) is 5.92 Å². The number of fused-ring (bicyclic) bond motifs is 1. The van der Waals surface area contributed by atoms with E-state index in [1.165, 1.54) is 6.07 Å². The standard InChI is InChI=1S/C20H23F3N6O3/c21-20(22,23)19-26-25-16-4-5-17(27-29(16)19)28-9-6-14(7-10-28)18(30)24-8-2-11-31-13-15-3-1-12-32-15/h1,3-5,12,14H,2,6-11,13H2,(H,24,30). The normalized spacial score (nSPS) is 15.4. The molecule has 4 heterocycles. The first-order valence-electron chi connectivity index (χ1n) is 10.3. The molecule has 1 fully saturated rings. The molecule has 0 aromatic carbocycles. The van der Waals surface area contributed by atoms with Gasteiger partial charge in [-0.15, -0.1) is 15.3 Å². The van der Waals surface area contributed by atoms with Crippen molar-refractivity contribution in [3.05, 3.63) is 42.1 Å². The second-order valence-corrected chi connectivity index (χ2v) is 7.52. The second kappa shape index (κ2) is 9.55. The van der Waals surface area contributed by atoms with Crippen LogP contribution in [0, 0.1) is 5.92 Å². The van der Waals surface area contributed by atoms with Gasteiger partial charge in [0.2, 0.25) is 5.91 Å². The van der Waals surface area contributed by atoms with E-state index in [9.17, 15) is 18.0 Å². The number of aromatic nitrogens is 4. The van der Waals surface area contributed by atoms with E-state index in [1.54, 1.807) is 18.4 Å². The highest BCUT2D eigenvalue weighted by Crippen LogP contribution is 2.28. The first-order chi connectivity index (χ1) is 15.4. The third kappa shape index (κ3) is 5.18. The van der Waals surface area contributed by atoms with E-state index in [0.717, 1.165) is 5.76 Å². The highest BCUT2D eigenvalue weighted by molar-refractivity contribution is 5.78. The Morgan fingerprint density at radius 1 is 1.22 bits per heavy atom. The minimum absolute atomic E-state index is 0.0164. The summed E-state index contributed by atoms with van der Waals surface area (Å²) in [6.45, 7) is 2.47. The summed E-state index contributed by atoms with van der Waals surface area (Å²) in [6, 6.07) is 6.71. The predicted octanol–water partition coefficient (Wildman–Crippen LogP) is 2.68. The highest BCUT2D eigenvalue weighted by Gasteiger charge is 2.38. The summed E-state index contributed by atoms with van der Waals surface area (Å²) in [5.41, 5.74) is 0.0310. The fourth-order valence-electron chi connectivity index (χ4n) is 3.59. The van der Waals surface area contributed by atoms with Crippen LogP contribution in [0.4, 0.5) is 19.0 Å². The van der Waals surface area contributed by atoms with Crippen LogP contribution in [-0.4, -0.2) is 52.0 Å². The number of piperidine rings is 1. The Kier molecular flexibility index (Phi) is 6.58. The number of nitrogens with zero attached hydrogens (tertiary/aromatic N) is 5. The Morgan fingerprint density at radius 2 is 2.03 bits per heavy atom. The maximum absolute atomic E-state index is 13.1. The monoisotopic (exact) mass is 452 g/mol. The van der Waals surface area contributed by atoms with Crippen molar-refractivity contribution in [1.82, 2.24) is 25.1 Å². The number of ether oxygens (including phenoxy) is 1. The van der Waals surface area contributed by atoms with Gasteiger partial charge in [0.1, 0.15) is 18.2 Å². The van der Waals surface area contributed by atoms with Crippen molar-refractivity contribution in [3.63, 3.8) is 0 Å². The molecule has 0 atom stereocenters. The van der Waals surface area contributed by atoms with Gasteiger partial charge in [0, 0.05) is 32.2 Å². The minimum Gasteiger partial charge on any atom is -0.467 e. The van der Waals surface area contributed by atoms with Gasteiger partial charge in [0.15, 0.2) is 5.65 Å². The molecule has 3 aromatic rings. The van der Waals surface area contributed by atoms with Gasteiger partial charge in [0.25, 0.3) is 5.82 Å². The summed E-state index contributed by atoms with van der Waals surface area (Å²) in [6.07, 6.45) is -1.17. The van der Waals surface area contributed by atoms with Gasteiger partial charge in [0.05, 0.1) is 6.26 Å². The molecule has 172 valence electrons. The van der Waals surface area contributed by atoms with Crippen LogP contribution in [0.15, 0.2) is 34.9 Å². The lowest BCUT2D eigenvalue weighted by molar-refractivity contribution is -0.146. The number of hydrogen-bond donors (Lipinski definition) is 1. The van der Waals surface area contributed by atoms with E-state index < -0.39 is 12.0 Å². The number of furan rings is 1. The molecule has 32 heavy (non-hydrogen) atoms. The fourth-order valence-corrected chi connectivity index (χ4v) is 3.59. The molecule has 1 amide bonds. The zero-order chi connectivity index (χ0) is 22.6. The molecule has 1 saturated heterocycles. The SMILES string of the molecule is O=C(NCCCOCc1ccco1)C1CCN(c2ccc3nnc(C(F)(F)F)n3n2)CC1. The van der Waals surface area contributed by atoms with Gasteiger partial charge >= 0.3 is 6.18 Å². The molecule has 12 heteroatoms. The maximum atomic E-state index is 13.1. The van der Waals surface area contributed by atoms with E-state index in [4.69, 9.17) is 9.15 Å². The summed E-state index contributed by atoms with van der Waals surface area (Å²) in [4.78, 5) is 14.3. The minimum atomic E-state index is -4.64. The molecule has 0 bridgehead atoms. The van der Waals surface area contributed by atoms with Crippen LogP contribution < -0.4 is 10.2 Å². The Labute approximate surface area is 181 Å². The van der Waals surface area contributed by atoms with Crippen molar-refractivity contribution in [1.29, 1.82) is 0 Å². The van der Waals surface area contributed by atoms with Crippen molar-refractivity contribution < 1.29 is 27.1 Å². The van der Waals surface area contributed by atoms with E-state index in [-0.39, 0.29) is 17.5 Å². The van der Waals surface area contributed by atoms with E-state index in [1.807, 2.05) is 11.0 Å². The van der Waals surface area contributed by atoms with Crippen LogP contribution in [0.5, 0.6) is 0 Å². The van der Waals surface area contributed by atoms with Crippen molar-refractivity contribution in [3.8, 4) is 0 Å². The Bertz CT molecular complexity index is 1030. The summed E-state index contributed by atoms with van der Waals surface area (Å²) in [7, 11) is 0. The van der Waals surface area contributed by atoms with Crippen molar-refractivity contribution in [2.45, 2.75) is 32.0 Å². The zero-order valence-corrected chi connectivity index (χ0v) is 17.2. The lowest BCUT2D eigenvalue weighted by atomic mass is 9.96. The average molecular weight is 452 g/mol. The van der Waals surface area contributed by atoms with Gasteiger partial charge < -0.3 is 19.4 Å². The molecule has 0 unspecified atom stereocenters. The Balaban J connectivity index is 1.22.